The molecule has 0 atom stereocenters. The van der Waals surface area contributed by atoms with Gasteiger partial charge in [-0.3, -0.25) is 4.79 Å². The van der Waals surface area contributed by atoms with Crippen molar-refractivity contribution in [3.05, 3.63) is 58.6 Å². The summed E-state index contributed by atoms with van der Waals surface area (Å²) in [5.74, 6) is 0.704. The first-order valence-electron chi connectivity index (χ1n) is 10.9. The molecule has 1 fully saturated rings. The zero-order valence-electron chi connectivity index (χ0n) is 18.3. The third-order valence-electron chi connectivity index (χ3n) is 6.15. The minimum atomic E-state index is -0.263. The number of aromatic nitrogens is 6. The Morgan fingerprint density at radius 3 is 2.76 bits per heavy atom. The lowest BCUT2D eigenvalue weighted by atomic mass is 9.93. The van der Waals surface area contributed by atoms with Crippen LogP contribution in [0.4, 0.5) is 5.95 Å². The van der Waals surface area contributed by atoms with Gasteiger partial charge in [-0.2, -0.15) is 0 Å². The molecule has 4 aromatic rings. The van der Waals surface area contributed by atoms with Gasteiger partial charge in [-0.05, 0) is 37.8 Å². The van der Waals surface area contributed by atoms with Crippen molar-refractivity contribution in [3.63, 3.8) is 0 Å². The van der Waals surface area contributed by atoms with Crippen LogP contribution in [0.3, 0.4) is 0 Å². The highest BCUT2D eigenvalue weighted by molar-refractivity contribution is 5.95. The fraction of sp³-hybridized carbons (Fsp3) is 0.348. The van der Waals surface area contributed by atoms with Crippen LogP contribution in [0.15, 0.2) is 47.5 Å². The number of nitrogens with zero attached hydrogens (tertiary/aromatic N) is 6. The first kappa shape index (κ1) is 21.1. The second-order valence-electron chi connectivity index (χ2n) is 8.30. The number of ether oxygens (including phenoxy) is 1. The molecule has 0 radical (unpaired) electrons. The molecule has 33 heavy (non-hydrogen) atoms. The number of pyridine rings is 1. The van der Waals surface area contributed by atoms with Crippen LogP contribution in [0.25, 0.3) is 22.3 Å². The summed E-state index contributed by atoms with van der Waals surface area (Å²) in [6.45, 7) is 0.282. The monoisotopic (exact) mass is 447 g/mol. The van der Waals surface area contributed by atoms with Gasteiger partial charge in [-0.1, -0.05) is 23.4 Å². The van der Waals surface area contributed by atoms with E-state index >= 15 is 0 Å². The number of nitrogens with two attached hydrogens (primary N) is 1. The van der Waals surface area contributed by atoms with E-state index in [0.29, 0.717) is 41.1 Å². The number of hydrogen-bond acceptors (Lipinski definition) is 8. The van der Waals surface area contributed by atoms with Crippen molar-refractivity contribution in [3.8, 4) is 17.1 Å². The molecular formula is C23H25N7O3. The molecule has 0 aliphatic heterocycles. The van der Waals surface area contributed by atoms with Gasteiger partial charge < -0.3 is 20.1 Å². The molecule has 3 heterocycles. The Morgan fingerprint density at radius 2 is 1.97 bits per heavy atom. The average Bonchev–Trinajstić information content (AvgIpc) is 3.28. The number of para-hydroxylation sites is 1. The van der Waals surface area contributed by atoms with Crippen molar-refractivity contribution in [2.45, 2.75) is 44.4 Å². The highest BCUT2D eigenvalue weighted by atomic mass is 16.5. The average molecular weight is 447 g/mol. The quantitative estimate of drug-likeness (QED) is 0.475. The van der Waals surface area contributed by atoms with E-state index in [9.17, 15) is 9.90 Å². The molecule has 0 amide bonds. The summed E-state index contributed by atoms with van der Waals surface area (Å²) in [5, 5.41) is 19.0. The Labute approximate surface area is 189 Å². The van der Waals surface area contributed by atoms with Gasteiger partial charge in [0.25, 0.3) is 5.56 Å². The lowest BCUT2D eigenvalue weighted by molar-refractivity contribution is 0.110. The van der Waals surface area contributed by atoms with E-state index in [4.69, 9.17) is 10.5 Å². The predicted octanol–water partition coefficient (Wildman–Crippen LogP) is 2.17. The number of fused-ring (bicyclic) bond motifs is 1. The zero-order valence-corrected chi connectivity index (χ0v) is 18.3. The number of anilines is 1. The van der Waals surface area contributed by atoms with E-state index in [1.807, 2.05) is 30.5 Å². The summed E-state index contributed by atoms with van der Waals surface area (Å²) >= 11 is 0. The molecule has 170 valence electrons. The molecular weight excluding hydrogens is 422 g/mol. The van der Waals surface area contributed by atoms with Gasteiger partial charge in [0.1, 0.15) is 22.7 Å². The fourth-order valence-corrected chi connectivity index (χ4v) is 4.46. The number of nitrogen functional groups attached to an aromatic ring is 1. The molecule has 0 spiro atoms. The van der Waals surface area contributed by atoms with Crippen LogP contribution in [-0.2, 0) is 6.54 Å². The second kappa shape index (κ2) is 8.62. The Balaban J connectivity index is 1.45. The molecule has 3 aromatic heterocycles. The molecule has 1 aliphatic rings. The molecule has 10 heteroatoms. The second-order valence-corrected chi connectivity index (χ2v) is 8.30. The number of methoxy groups -OCH3 is 1. The van der Waals surface area contributed by atoms with Gasteiger partial charge in [0, 0.05) is 23.2 Å². The van der Waals surface area contributed by atoms with E-state index in [1.54, 1.807) is 28.6 Å². The van der Waals surface area contributed by atoms with Crippen molar-refractivity contribution in [1.82, 2.24) is 29.5 Å². The molecule has 1 aliphatic carbocycles. The van der Waals surface area contributed by atoms with Gasteiger partial charge in [0.2, 0.25) is 5.95 Å². The van der Waals surface area contributed by atoms with E-state index in [1.165, 1.54) is 0 Å². The van der Waals surface area contributed by atoms with Gasteiger partial charge in [-0.25, -0.2) is 14.6 Å². The maximum atomic E-state index is 13.1. The number of aliphatic hydroxyl groups is 1. The van der Waals surface area contributed by atoms with Crippen LogP contribution in [0.5, 0.6) is 5.75 Å². The highest BCUT2D eigenvalue weighted by Crippen LogP contribution is 2.31. The molecule has 1 saturated carbocycles. The van der Waals surface area contributed by atoms with Gasteiger partial charge in [0.15, 0.2) is 0 Å². The zero-order chi connectivity index (χ0) is 22.9. The summed E-state index contributed by atoms with van der Waals surface area (Å²) in [5.41, 5.74) is 8.19. The normalized spacial score (nSPS) is 18.5. The van der Waals surface area contributed by atoms with Crippen LogP contribution in [-0.4, -0.2) is 47.8 Å². The summed E-state index contributed by atoms with van der Waals surface area (Å²) in [6, 6.07) is 9.33. The van der Waals surface area contributed by atoms with Crippen LogP contribution in [0.2, 0.25) is 0 Å². The fourth-order valence-electron chi connectivity index (χ4n) is 4.46. The lowest BCUT2D eigenvalue weighted by Crippen LogP contribution is -2.31. The van der Waals surface area contributed by atoms with Crippen molar-refractivity contribution in [1.29, 1.82) is 0 Å². The molecule has 10 nitrogen and oxygen atoms in total. The van der Waals surface area contributed by atoms with E-state index < -0.39 is 0 Å². The minimum Gasteiger partial charge on any atom is -0.494 e. The molecule has 1 aromatic carbocycles. The summed E-state index contributed by atoms with van der Waals surface area (Å²) in [7, 11) is 1.57. The summed E-state index contributed by atoms with van der Waals surface area (Å²) < 4.78 is 8.80. The SMILES string of the molecule is COc1cccc2c(-c3cn(Cc4cccn(C5CCC(O)CC5)c4=O)nn3)nc(N)nc12. The van der Waals surface area contributed by atoms with E-state index in [2.05, 4.69) is 20.3 Å². The van der Waals surface area contributed by atoms with Crippen LogP contribution < -0.4 is 16.0 Å². The summed E-state index contributed by atoms with van der Waals surface area (Å²) in [6.07, 6.45) is 6.33. The number of benzene rings is 1. The van der Waals surface area contributed by atoms with Crippen molar-refractivity contribution >= 4 is 16.9 Å². The topological polar surface area (TPSA) is 134 Å². The third-order valence-corrected chi connectivity index (χ3v) is 6.15. The Morgan fingerprint density at radius 1 is 1.15 bits per heavy atom. The molecule has 0 unspecified atom stereocenters. The van der Waals surface area contributed by atoms with Gasteiger partial charge in [-0.15, -0.1) is 5.10 Å². The molecule has 3 N–H and O–H groups in total. The number of rotatable bonds is 5. The Bertz CT molecular complexity index is 1360. The minimum absolute atomic E-state index is 0.0441. The highest BCUT2D eigenvalue weighted by Gasteiger charge is 2.22. The Hall–Kier alpha value is -3.79. The third kappa shape index (κ3) is 4.05. The maximum Gasteiger partial charge on any atom is 0.255 e. The van der Waals surface area contributed by atoms with Crippen molar-refractivity contribution < 1.29 is 9.84 Å². The maximum absolute atomic E-state index is 13.1. The lowest BCUT2D eigenvalue weighted by Gasteiger charge is -2.27. The first-order valence-corrected chi connectivity index (χ1v) is 10.9. The summed E-state index contributed by atoms with van der Waals surface area (Å²) in [4.78, 5) is 21.8. The molecule has 5 rings (SSSR count). The van der Waals surface area contributed by atoms with Crippen molar-refractivity contribution in [2.75, 3.05) is 12.8 Å². The molecule has 0 saturated heterocycles. The van der Waals surface area contributed by atoms with Crippen LogP contribution >= 0.6 is 0 Å². The predicted molar refractivity (Wildman–Crippen MR) is 123 cm³/mol. The van der Waals surface area contributed by atoms with E-state index in [-0.39, 0.29) is 30.2 Å². The smallest absolute Gasteiger partial charge is 0.255 e. The number of hydrogen-bond donors (Lipinski definition) is 2. The van der Waals surface area contributed by atoms with Crippen LogP contribution in [0.1, 0.15) is 37.3 Å². The molecule has 0 bridgehead atoms. The Kier molecular flexibility index (Phi) is 5.51. The van der Waals surface area contributed by atoms with Gasteiger partial charge in [0.05, 0.1) is 26.0 Å². The van der Waals surface area contributed by atoms with Crippen LogP contribution in [0, 0.1) is 0 Å². The standard InChI is InChI=1S/C23H25N7O3/c1-33-19-6-2-5-17-20(25-23(24)26-21(17)19)18-13-29(28-27-18)12-14-4-3-11-30(22(14)32)15-7-9-16(31)10-8-15/h2-6,11,13,15-16,31H,7-10,12H2,1H3,(H2,24,25,26). The largest absolute Gasteiger partial charge is 0.494 e. The number of aliphatic hydroxyl groups excluding tert-OH is 1. The first-order chi connectivity index (χ1) is 16.0. The van der Waals surface area contributed by atoms with E-state index in [0.717, 1.165) is 18.2 Å². The van der Waals surface area contributed by atoms with Gasteiger partial charge >= 0.3 is 0 Å². The van der Waals surface area contributed by atoms with Crippen molar-refractivity contribution in [2.24, 2.45) is 0 Å².